The predicted molar refractivity (Wildman–Crippen MR) is 133 cm³/mol. The molecule has 2 saturated heterocycles. The molecule has 1 unspecified atom stereocenters. The second-order valence-electron chi connectivity index (χ2n) is 9.78. The summed E-state index contributed by atoms with van der Waals surface area (Å²) in [5.41, 5.74) is 7.24. The first-order chi connectivity index (χ1) is 18.1. The molecule has 12 heteroatoms. The number of rotatable bonds is 6. The van der Waals surface area contributed by atoms with Crippen LogP contribution in [0.2, 0.25) is 0 Å². The molecule has 3 aromatic rings. The number of benzene rings is 1. The van der Waals surface area contributed by atoms with Gasteiger partial charge in [0, 0.05) is 43.7 Å². The Morgan fingerprint density at radius 3 is 2.37 bits per heavy atom. The van der Waals surface area contributed by atoms with Gasteiger partial charge in [0.05, 0.1) is 0 Å². The molecule has 4 N–H and O–H groups in total. The first-order valence-electron chi connectivity index (χ1n) is 12.2. The summed E-state index contributed by atoms with van der Waals surface area (Å²) < 4.78 is 47.6. The lowest BCUT2D eigenvalue weighted by Crippen LogP contribution is -2.41. The van der Waals surface area contributed by atoms with Gasteiger partial charge in [-0.2, -0.15) is 23.1 Å². The maximum Gasteiger partial charge on any atom is 0.429 e. The van der Waals surface area contributed by atoms with Gasteiger partial charge in [0.25, 0.3) is 0 Å². The van der Waals surface area contributed by atoms with Crippen molar-refractivity contribution in [2.75, 3.05) is 30.3 Å². The molecule has 2 fully saturated rings. The summed E-state index contributed by atoms with van der Waals surface area (Å²) in [6.07, 6.45) is -1.74. The Morgan fingerprint density at radius 1 is 1.11 bits per heavy atom. The number of anilines is 2. The fraction of sp³-hybridized carbons (Fsp3) is 0.385. The summed E-state index contributed by atoms with van der Waals surface area (Å²) in [4.78, 5) is 25.3. The van der Waals surface area contributed by atoms with Gasteiger partial charge in [-0.05, 0) is 47.9 Å². The zero-order valence-electron chi connectivity index (χ0n) is 20.4. The first-order valence-corrected chi connectivity index (χ1v) is 12.2. The molecule has 5 rings (SSSR count). The van der Waals surface area contributed by atoms with Crippen LogP contribution < -0.4 is 20.7 Å². The van der Waals surface area contributed by atoms with Gasteiger partial charge in [-0.3, -0.25) is 9.78 Å². The lowest BCUT2D eigenvalue weighted by Gasteiger charge is -2.39. The summed E-state index contributed by atoms with van der Waals surface area (Å²) in [6.45, 7) is 1.73. The number of nitrogens with two attached hydrogens (primary N) is 1. The normalized spacial score (nSPS) is 19.9. The maximum atomic E-state index is 14.1. The van der Waals surface area contributed by atoms with E-state index in [1.54, 1.807) is 36.7 Å². The number of aliphatic carboxylic acids is 1. The zero-order chi connectivity index (χ0) is 26.9. The van der Waals surface area contributed by atoms with Gasteiger partial charge in [-0.15, -0.1) is 0 Å². The van der Waals surface area contributed by atoms with Crippen molar-refractivity contribution in [3.8, 4) is 17.0 Å². The molecule has 0 aliphatic carbocycles. The molecule has 200 valence electrons. The van der Waals surface area contributed by atoms with Crippen molar-refractivity contribution >= 4 is 17.7 Å². The van der Waals surface area contributed by atoms with Gasteiger partial charge in [-0.1, -0.05) is 24.3 Å². The van der Waals surface area contributed by atoms with Crippen molar-refractivity contribution in [2.24, 2.45) is 5.41 Å². The van der Waals surface area contributed by atoms with Gasteiger partial charge in [0.2, 0.25) is 17.9 Å². The number of nitrogens with zero attached hydrogens (tertiary/aromatic N) is 4. The van der Waals surface area contributed by atoms with E-state index in [0.717, 1.165) is 24.0 Å². The molecule has 2 aliphatic rings. The van der Waals surface area contributed by atoms with Gasteiger partial charge < -0.3 is 25.8 Å². The van der Waals surface area contributed by atoms with Crippen molar-refractivity contribution < 1.29 is 27.8 Å². The quantitative estimate of drug-likeness (QED) is 0.437. The van der Waals surface area contributed by atoms with Crippen molar-refractivity contribution in [1.82, 2.24) is 20.3 Å². The Kier molecular flexibility index (Phi) is 6.82. The van der Waals surface area contributed by atoms with Crippen LogP contribution in [0.3, 0.4) is 0 Å². The number of alkyl halides is 3. The molecular weight excluding hydrogens is 501 g/mol. The van der Waals surface area contributed by atoms with Crippen molar-refractivity contribution in [2.45, 2.75) is 37.6 Å². The number of piperidine rings is 1. The number of hydrogen-bond donors (Lipinski definition) is 3. The third-order valence-corrected chi connectivity index (χ3v) is 7.28. The highest BCUT2D eigenvalue weighted by molar-refractivity contribution is 5.74. The molecule has 2 atom stereocenters. The van der Waals surface area contributed by atoms with Gasteiger partial charge in [0.1, 0.15) is 11.9 Å². The number of aromatic nitrogens is 3. The molecule has 0 saturated carbocycles. The maximum absolute atomic E-state index is 14.1. The van der Waals surface area contributed by atoms with Crippen LogP contribution in [0, 0.1) is 5.41 Å². The fourth-order valence-corrected chi connectivity index (χ4v) is 5.17. The van der Waals surface area contributed by atoms with E-state index in [4.69, 9.17) is 10.5 Å². The van der Waals surface area contributed by atoms with Crippen LogP contribution in [-0.2, 0) is 4.79 Å². The predicted octanol–water partition coefficient (Wildman–Crippen LogP) is 3.84. The molecule has 38 heavy (non-hydrogen) atoms. The second kappa shape index (κ2) is 10.1. The Balaban J connectivity index is 1.32. The highest BCUT2D eigenvalue weighted by Crippen LogP contribution is 2.41. The summed E-state index contributed by atoms with van der Waals surface area (Å²) in [7, 11) is 0. The number of halogens is 3. The summed E-state index contributed by atoms with van der Waals surface area (Å²) >= 11 is 0. The van der Waals surface area contributed by atoms with Gasteiger partial charge in [-0.25, -0.2) is 0 Å². The molecule has 2 aromatic heterocycles. The average molecular weight is 529 g/mol. The molecule has 2 aliphatic heterocycles. The molecule has 0 bridgehead atoms. The van der Waals surface area contributed by atoms with Crippen LogP contribution in [0.4, 0.5) is 24.9 Å². The summed E-state index contributed by atoms with van der Waals surface area (Å²) in [5, 5.41) is 12.4. The molecular formula is C26H27F3N6O3. The minimum absolute atomic E-state index is 0.0735. The molecule has 9 nitrogen and oxygen atoms in total. The minimum atomic E-state index is -4.70. The largest absolute Gasteiger partial charge is 0.480 e. The second-order valence-corrected chi connectivity index (χ2v) is 9.78. The molecule has 0 radical (unpaired) electrons. The number of pyridine rings is 1. The van der Waals surface area contributed by atoms with Crippen LogP contribution >= 0.6 is 0 Å². The number of carbonyl (C=O) groups is 1. The number of nitrogen functional groups attached to an aromatic ring is 1. The molecule has 0 amide bonds. The van der Waals surface area contributed by atoms with Crippen LogP contribution in [0.25, 0.3) is 11.1 Å². The van der Waals surface area contributed by atoms with Crippen molar-refractivity contribution in [3.63, 3.8) is 0 Å². The summed E-state index contributed by atoms with van der Waals surface area (Å²) in [6, 6.07) is 10.3. The van der Waals surface area contributed by atoms with Crippen LogP contribution in [0.15, 0.2) is 54.9 Å². The highest BCUT2D eigenvalue weighted by Gasteiger charge is 2.45. The van der Waals surface area contributed by atoms with Crippen LogP contribution in [0.1, 0.15) is 30.9 Å². The fourth-order valence-electron chi connectivity index (χ4n) is 5.17. The van der Waals surface area contributed by atoms with Crippen LogP contribution in [0.5, 0.6) is 5.88 Å². The van der Waals surface area contributed by atoms with Crippen LogP contribution in [-0.4, -0.2) is 57.9 Å². The lowest BCUT2D eigenvalue weighted by atomic mass is 9.76. The third-order valence-electron chi connectivity index (χ3n) is 7.28. The van der Waals surface area contributed by atoms with E-state index in [-0.39, 0.29) is 22.8 Å². The van der Waals surface area contributed by atoms with E-state index < -0.39 is 24.3 Å². The highest BCUT2D eigenvalue weighted by atomic mass is 19.4. The average Bonchev–Trinajstić information content (AvgIpc) is 3.31. The minimum Gasteiger partial charge on any atom is -0.480 e. The Morgan fingerprint density at radius 2 is 1.76 bits per heavy atom. The van der Waals surface area contributed by atoms with E-state index in [9.17, 15) is 23.1 Å². The Hall–Kier alpha value is -3.93. The Labute approximate surface area is 216 Å². The lowest BCUT2D eigenvalue weighted by molar-refractivity contribution is -0.198. The zero-order valence-corrected chi connectivity index (χ0v) is 20.4. The number of hydrogen-bond acceptors (Lipinski definition) is 8. The SMILES string of the molecule is Nc1nc(O[C@H](c2ccc(-c3ccncc3)cc2)C(F)(F)F)cc(N2CCC3(CC2)CNC(C(=O)O)C3)n1. The molecule has 4 heterocycles. The first kappa shape index (κ1) is 25.7. The standard InChI is InChI=1S/C26H27F3N6O3/c27-26(28,29)22(18-3-1-16(2-4-18)17-5-9-31-10-6-17)38-21-13-20(33-24(30)34-21)35-11-7-25(8-12-35)14-19(23(36)37)32-15-25/h1-6,9-10,13,19,22,32H,7-8,11-12,14-15H2,(H,36,37)(H2,30,33,34)/t19?,22-/m1/s1. The number of ether oxygens (including phenoxy) is 1. The van der Waals surface area contributed by atoms with E-state index in [1.165, 1.54) is 18.2 Å². The Bertz CT molecular complexity index is 1280. The summed E-state index contributed by atoms with van der Waals surface area (Å²) in [5.74, 6) is -0.958. The van der Waals surface area contributed by atoms with Crippen molar-refractivity contribution in [3.05, 3.63) is 60.4 Å². The topological polar surface area (TPSA) is 126 Å². The van der Waals surface area contributed by atoms with E-state index in [2.05, 4.69) is 20.3 Å². The van der Waals surface area contributed by atoms with E-state index in [0.29, 0.717) is 31.9 Å². The smallest absolute Gasteiger partial charge is 0.429 e. The molecule has 1 spiro atoms. The monoisotopic (exact) mass is 528 g/mol. The third kappa shape index (κ3) is 5.49. The number of nitrogens with one attached hydrogen (secondary N) is 1. The van der Waals surface area contributed by atoms with Gasteiger partial charge in [0.15, 0.2) is 0 Å². The number of carboxylic acid groups (broad SMARTS) is 1. The van der Waals surface area contributed by atoms with E-state index >= 15 is 0 Å². The number of carboxylic acids is 1. The van der Waals surface area contributed by atoms with Crippen molar-refractivity contribution in [1.29, 1.82) is 0 Å². The van der Waals surface area contributed by atoms with E-state index in [1.807, 2.05) is 4.90 Å². The molecule has 1 aromatic carbocycles. The van der Waals surface area contributed by atoms with Gasteiger partial charge >= 0.3 is 12.1 Å².